The highest BCUT2D eigenvalue weighted by Crippen LogP contribution is 2.42. The Labute approximate surface area is 115 Å². The molecule has 2 heterocycles. The molecule has 2 aliphatic rings. The fourth-order valence-corrected chi connectivity index (χ4v) is 3.60. The van der Waals surface area contributed by atoms with Gasteiger partial charge in [-0.2, -0.15) is 5.10 Å². The van der Waals surface area contributed by atoms with Gasteiger partial charge in [0.05, 0.1) is 24.4 Å². The third-order valence-corrected chi connectivity index (χ3v) is 4.61. The first-order chi connectivity index (χ1) is 9.30. The van der Waals surface area contributed by atoms with Crippen molar-refractivity contribution in [3.8, 4) is 0 Å². The zero-order chi connectivity index (χ0) is 13.1. The Morgan fingerprint density at radius 2 is 2.16 bits per heavy atom. The summed E-state index contributed by atoms with van der Waals surface area (Å²) in [5, 5.41) is 4.41. The molecule has 1 aliphatic heterocycles. The average molecular weight is 263 g/mol. The normalized spacial score (nSPS) is 26.1. The molecule has 1 saturated heterocycles. The van der Waals surface area contributed by atoms with E-state index in [1.54, 1.807) is 0 Å². The monoisotopic (exact) mass is 263 g/mol. The fourth-order valence-electron chi connectivity index (χ4n) is 3.60. The van der Waals surface area contributed by atoms with E-state index in [0.29, 0.717) is 12.6 Å². The summed E-state index contributed by atoms with van der Waals surface area (Å²) in [6, 6.07) is 0. The van der Waals surface area contributed by atoms with Crippen molar-refractivity contribution in [1.29, 1.82) is 0 Å². The summed E-state index contributed by atoms with van der Waals surface area (Å²) in [4.78, 5) is 0. The van der Waals surface area contributed by atoms with Crippen molar-refractivity contribution in [2.24, 2.45) is 5.73 Å². The molecule has 1 aliphatic carbocycles. The van der Waals surface area contributed by atoms with Gasteiger partial charge in [0, 0.05) is 6.20 Å². The van der Waals surface area contributed by atoms with Crippen LogP contribution in [0.15, 0.2) is 12.4 Å². The van der Waals surface area contributed by atoms with Crippen molar-refractivity contribution in [2.75, 3.05) is 6.54 Å². The third-order valence-electron chi connectivity index (χ3n) is 4.61. The van der Waals surface area contributed by atoms with Gasteiger partial charge in [0.1, 0.15) is 0 Å². The molecule has 1 saturated carbocycles. The lowest BCUT2D eigenvalue weighted by atomic mass is 9.83. The summed E-state index contributed by atoms with van der Waals surface area (Å²) >= 11 is 0. The number of nitrogens with zero attached hydrogens (tertiary/aromatic N) is 2. The fraction of sp³-hybridized carbons (Fsp3) is 0.800. The Hall–Kier alpha value is -0.870. The molecule has 2 fully saturated rings. The predicted octanol–water partition coefficient (Wildman–Crippen LogP) is 2.27. The van der Waals surface area contributed by atoms with Crippen molar-refractivity contribution in [2.45, 2.75) is 69.6 Å². The zero-order valence-corrected chi connectivity index (χ0v) is 11.7. The van der Waals surface area contributed by atoms with Crippen LogP contribution < -0.4 is 5.73 Å². The molecule has 0 amide bonds. The van der Waals surface area contributed by atoms with Gasteiger partial charge in [-0.15, -0.1) is 0 Å². The second-order valence-corrected chi connectivity index (χ2v) is 6.13. The minimum Gasteiger partial charge on any atom is -0.370 e. The van der Waals surface area contributed by atoms with Gasteiger partial charge in [-0.3, -0.25) is 4.68 Å². The molecule has 0 aromatic carbocycles. The number of hydrogen-bond donors (Lipinski definition) is 1. The lowest BCUT2D eigenvalue weighted by Crippen LogP contribution is -2.32. The number of aromatic nitrogens is 2. The first-order valence-corrected chi connectivity index (χ1v) is 7.69. The molecule has 3 rings (SSSR count). The van der Waals surface area contributed by atoms with E-state index in [0.717, 1.165) is 13.0 Å². The van der Waals surface area contributed by atoms with E-state index in [4.69, 9.17) is 10.5 Å². The molecule has 1 unspecified atom stereocenters. The minimum absolute atomic E-state index is 0.218. The summed E-state index contributed by atoms with van der Waals surface area (Å²) < 4.78 is 8.40. The second kappa shape index (κ2) is 5.63. The van der Waals surface area contributed by atoms with Crippen LogP contribution in [-0.2, 0) is 17.7 Å². The zero-order valence-electron chi connectivity index (χ0n) is 11.7. The summed E-state index contributed by atoms with van der Waals surface area (Å²) in [6.45, 7) is 1.58. The maximum Gasteiger partial charge on any atom is 0.0779 e. The van der Waals surface area contributed by atoms with Crippen molar-refractivity contribution < 1.29 is 4.74 Å². The predicted molar refractivity (Wildman–Crippen MR) is 74.9 cm³/mol. The number of ether oxygens (including phenoxy) is 1. The lowest BCUT2D eigenvalue weighted by Gasteiger charge is -2.33. The Morgan fingerprint density at radius 1 is 1.32 bits per heavy atom. The van der Waals surface area contributed by atoms with Gasteiger partial charge in [-0.25, -0.2) is 0 Å². The van der Waals surface area contributed by atoms with E-state index in [1.165, 1.54) is 50.5 Å². The minimum atomic E-state index is 0.218. The summed E-state index contributed by atoms with van der Waals surface area (Å²) in [5.41, 5.74) is 7.01. The van der Waals surface area contributed by atoms with E-state index in [-0.39, 0.29) is 5.60 Å². The largest absolute Gasteiger partial charge is 0.370 e. The van der Waals surface area contributed by atoms with Crippen LogP contribution in [0.25, 0.3) is 0 Å². The lowest BCUT2D eigenvalue weighted by molar-refractivity contribution is -0.0688. The molecular formula is C15H25N3O. The first-order valence-electron chi connectivity index (χ1n) is 7.69. The van der Waals surface area contributed by atoms with Gasteiger partial charge in [-0.1, -0.05) is 19.3 Å². The highest BCUT2D eigenvalue weighted by atomic mass is 16.5. The summed E-state index contributed by atoms with van der Waals surface area (Å²) in [6.07, 6.45) is 14.3. The van der Waals surface area contributed by atoms with Crippen LogP contribution in [-0.4, -0.2) is 28.0 Å². The van der Waals surface area contributed by atoms with Crippen LogP contribution in [0, 0.1) is 0 Å². The SMILES string of the molecule is NCCc1cnn(CC2CCC3(CCCCC3)O2)c1. The van der Waals surface area contributed by atoms with Crippen molar-refractivity contribution in [1.82, 2.24) is 9.78 Å². The van der Waals surface area contributed by atoms with Crippen molar-refractivity contribution in [3.63, 3.8) is 0 Å². The number of nitrogens with two attached hydrogens (primary N) is 1. The molecule has 2 N–H and O–H groups in total. The van der Waals surface area contributed by atoms with E-state index >= 15 is 0 Å². The average Bonchev–Trinajstić information content (AvgIpc) is 3.00. The van der Waals surface area contributed by atoms with Gasteiger partial charge in [0.15, 0.2) is 0 Å². The summed E-state index contributed by atoms with van der Waals surface area (Å²) in [7, 11) is 0. The highest BCUT2D eigenvalue weighted by Gasteiger charge is 2.40. The van der Waals surface area contributed by atoms with Crippen LogP contribution in [0.2, 0.25) is 0 Å². The van der Waals surface area contributed by atoms with Crippen molar-refractivity contribution >= 4 is 0 Å². The van der Waals surface area contributed by atoms with Crippen LogP contribution >= 0.6 is 0 Å². The Balaban J connectivity index is 1.55. The molecular weight excluding hydrogens is 238 g/mol. The highest BCUT2D eigenvalue weighted by molar-refractivity contribution is 5.04. The van der Waals surface area contributed by atoms with Crippen molar-refractivity contribution in [3.05, 3.63) is 18.0 Å². The van der Waals surface area contributed by atoms with Crippen LogP contribution in [0.4, 0.5) is 0 Å². The summed E-state index contributed by atoms with van der Waals surface area (Å²) in [5.74, 6) is 0. The molecule has 0 bridgehead atoms. The molecule has 106 valence electrons. The molecule has 1 spiro atoms. The Bertz CT molecular complexity index is 409. The molecule has 1 atom stereocenters. The van der Waals surface area contributed by atoms with E-state index in [9.17, 15) is 0 Å². The quantitative estimate of drug-likeness (QED) is 0.906. The van der Waals surface area contributed by atoms with Gasteiger partial charge in [-0.05, 0) is 44.2 Å². The number of hydrogen-bond acceptors (Lipinski definition) is 3. The molecule has 0 radical (unpaired) electrons. The van der Waals surface area contributed by atoms with E-state index in [2.05, 4.69) is 11.3 Å². The molecule has 1 aromatic heterocycles. The third kappa shape index (κ3) is 3.00. The molecule has 1 aromatic rings. The Morgan fingerprint density at radius 3 is 2.95 bits per heavy atom. The molecule has 4 heteroatoms. The smallest absolute Gasteiger partial charge is 0.0779 e. The van der Waals surface area contributed by atoms with Gasteiger partial charge in [0.25, 0.3) is 0 Å². The maximum absolute atomic E-state index is 6.38. The van der Waals surface area contributed by atoms with Crippen LogP contribution in [0.5, 0.6) is 0 Å². The second-order valence-electron chi connectivity index (χ2n) is 6.13. The van der Waals surface area contributed by atoms with Gasteiger partial charge < -0.3 is 10.5 Å². The Kier molecular flexibility index (Phi) is 3.89. The van der Waals surface area contributed by atoms with Gasteiger partial charge in [0.2, 0.25) is 0 Å². The van der Waals surface area contributed by atoms with Gasteiger partial charge >= 0.3 is 0 Å². The standard InChI is InChI=1S/C15H25N3O/c16-9-5-13-10-17-18(11-13)12-14-4-8-15(19-14)6-2-1-3-7-15/h10-11,14H,1-9,12,16H2. The molecule has 19 heavy (non-hydrogen) atoms. The molecule has 4 nitrogen and oxygen atoms in total. The number of rotatable bonds is 4. The first kappa shape index (κ1) is 13.1. The van der Waals surface area contributed by atoms with Crippen LogP contribution in [0.1, 0.15) is 50.5 Å². The van der Waals surface area contributed by atoms with Crippen LogP contribution in [0.3, 0.4) is 0 Å². The maximum atomic E-state index is 6.38. The van der Waals surface area contributed by atoms with E-state index in [1.807, 2.05) is 10.9 Å². The van der Waals surface area contributed by atoms with E-state index < -0.39 is 0 Å². The topological polar surface area (TPSA) is 53.1 Å².